The molecule has 2 aromatic rings. The molecule has 0 saturated heterocycles. The Morgan fingerprint density at radius 2 is 2.31 bits per heavy atom. The van der Waals surface area contributed by atoms with Crippen molar-refractivity contribution in [2.45, 2.75) is 6.42 Å². The van der Waals surface area contributed by atoms with E-state index in [4.69, 9.17) is 0 Å². The van der Waals surface area contributed by atoms with Gasteiger partial charge in [0.25, 0.3) is 0 Å². The molecule has 1 heterocycles. The molecule has 3 N–H and O–H groups in total. The largest absolute Gasteiger partial charge is 0.508 e. The third-order valence-electron chi connectivity index (χ3n) is 2.45. The monoisotopic (exact) mass is 238 g/mol. The van der Waals surface area contributed by atoms with Gasteiger partial charge < -0.3 is 10.1 Å². The van der Waals surface area contributed by atoms with E-state index in [0.717, 1.165) is 22.9 Å². The number of fused-ring (bicyclic) bond motifs is 1. The number of phenolic OH excluding ortho intramolecular Hbond substituents is 1. The summed E-state index contributed by atoms with van der Waals surface area (Å²) in [7, 11) is -0.975. The summed E-state index contributed by atoms with van der Waals surface area (Å²) in [5.41, 5.74) is 2.12. The van der Waals surface area contributed by atoms with E-state index < -0.39 is 11.0 Å². The van der Waals surface area contributed by atoms with Gasteiger partial charge in [-0.05, 0) is 30.2 Å². The van der Waals surface area contributed by atoms with Crippen LogP contribution in [0.1, 0.15) is 5.56 Å². The number of aromatic amines is 1. The first-order chi connectivity index (χ1) is 7.66. The summed E-state index contributed by atoms with van der Waals surface area (Å²) in [4.78, 5) is 3.14. The van der Waals surface area contributed by atoms with Crippen LogP contribution in [-0.2, 0) is 17.4 Å². The number of rotatable bonds is 4. The molecule has 0 saturated carbocycles. The quantitative estimate of drug-likeness (QED) is 0.751. The second kappa shape index (κ2) is 4.67. The molecule has 1 aromatic heterocycles. The lowest BCUT2D eigenvalue weighted by molar-refractivity contribution is 0.476. The van der Waals surface area contributed by atoms with E-state index in [1.54, 1.807) is 18.4 Å². The van der Waals surface area contributed by atoms with Crippen molar-refractivity contribution in [3.8, 4) is 5.75 Å². The van der Waals surface area contributed by atoms with Crippen molar-refractivity contribution < 1.29 is 9.32 Å². The summed E-state index contributed by atoms with van der Waals surface area (Å²) in [5, 5.41) is 10.4. The van der Waals surface area contributed by atoms with E-state index in [9.17, 15) is 9.32 Å². The minimum absolute atomic E-state index is 0.264. The van der Waals surface area contributed by atoms with Gasteiger partial charge in [-0.25, -0.2) is 8.93 Å². The highest BCUT2D eigenvalue weighted by atomic mass is 32.2. The number of phenols is 1. The molecule has 0 aliphatic rings. The van der Waals surface area contributed by atoms with Gasteiger partial charge in [0.15, 0.2) is 0 Å². The molecule has 0 aliphatic carbocycles. The molecular formula is C11H14N2O2S. The van der Waals surface area contributed by atoms with Crippen LogP contribution in [0.2, 0.25) is 0 Å². The highest BCUT2D eigenvalue weighted by Crippen LogP contribution is 2.22. The van der Waals surface area contributed by atoms with Crippen LogP contribution in [0.5, 0.6) is 5.75 Å². The molecule has 1 aromatic carbocycles. The summed E-state index contributed by atoms with van der Waals surface area (Å²) >= 11 is 0. The van der Waals surface area contributed by atoms with Gasteiger partial charge in [-0.1, -0.05) is 0 Å². The SMILES string of the molecule is CS(=O)NCCc1c[nH]c2ccc(O)cc12. The van der Waals surface area contributed by atoms with Gasteiger partial charge in [-0.2, -0.15) is 0 Å². The topological polar surface area (TPSA) is 65.1 Å². The van der Waals surface area contributed by atoms with Gasteiger partial charge >= 0.3 is 0 Å². The first kappa shape index (κ1) is 11.2. The molecular weight excluding hydrogens is 224 g/mol. The van der Waals surface area contributed by atoms with Crippen LogP contribution < -0.4 is 4.72 Å². The molecule has 0 aliphatic heterocycles. The second-order valence-electron chi connectivity index (χ2n) is 3.64. The molecule has 4 nitrogen and oxygen atoms in total. The zero-order valence-electron chi connectivity index (χ0n) is 8.99. The van der Waals surface area contributed by atoms with Crippen LogP contribution in [-0.4, -0.2) is 27.1 Å². The lowest BCUT2D eigenvalue weighted by atomic mass is 10.1. The standard InChI is InChI=1S/C11H14N2O2S/c1-16(15)13-5-4-8-7-12-11-3-2-9(14)6-10(8)11/h2-3,6-7,12-14H,4-5H2,1H3. The first-order valence-electron chi connectivity index (χ1n) is 5.03. The van der Waals surface area contributed by atoms with Crippen molar-refractivity contribution in [1.29, 1.82) is 0 Å². The minimum Gasteiger partial charge on any atom is -0.508 e. The van der Waals surface area contributed by atoms with E-state index in [0.29, 0.717) is 6.54 Å². The summed E-state index contributed by atoms with van der Waals surface area (Å²) < 4.78 is 13.7. The Bertz CT molecular complexity index is 522. The third kappa shape index (κ3) is 2.43. The van der Waals surface area contributed by atoms with Crippen LogP contribution in [0.15, 0.2) is 24.4 Å². The Kier molecular flexibility index (Phi) is 3.26. The van der Waals surface area contributed by atoms with Crippen molar-refractivity contribution in [1.82, 2.24) is 9.71 Å². The Hall–Kier alpha value is -1.33. The van der Waals surface area contributed by atoms with Gasteiger partial charge in [0, 0.05) is 29.9 Å². The van der Waals surface area contributed by atoms with Gasteiger partial charge in [0.1, 0.15) is 5.75 Å². The van der Waals surface area contributed by atoms with Crippen LogP contribution >= 0.6 is 0 Å². The van der Waals surface area contributed by atoms with E-state index in [1.807, 2.05) is 12.3 Å². The van der Waals surface area contributed by atoms with Crippen LogP contribution in [0.4, 0.5) is 0 Å². The summed E-state index contributed by atoms with van der Waals surface area (Å²) in [6.07, 6.45) is 4.31. The summed E-state index contributed by atoms with van der Waals surface area (Å²) in [6.45, 7) is 0.658. The van der Waals surface area contributed by atoms with E-state index in [-0.39, 0.29) is 5.75 Å². The molecule has 0 fully saturated rings. The third-order valence-corrected chi connectivity index (χ3v) is 3.06. The number of hydrogen-bond acceptors (Lipinski definition) is 2. The van der Waals surface area contributed by atoms with E-state index in [2.05, 4.69) is 9.71 Å². The molecule has 0 bridgehead atoms. The smallest absolute Gasteiger partial charge is 0.116 e. The van der Waals surface area contributed by atoms with Gasteiger partial charge in [-0.15, -0.1) is 0 Å². The predicted octanol–water partition coefficient (Wildman–Crippen LogP) is 1.30. The highest BCUT2D eigenvalue weighted by molar-refractivity contribution is 7.82. The van der Waals surface area contributed by atoms with Crippen molar-refractivity contribution in [2.75, 3.05) is 12.8 Å². The maximum atomic E-state index is 10.8. The molecule has 0 radical (unpaired) electrons. The first-order valence-corrected chi connectivity index (χ1v) is 6.58. The number of hydrogen-bond donors (Lipinski definition) is 3. The van der Waals surface area contributed by atoms with Crippen molar-refractivity contribution in [2.24, 2.45) is 0 Å². The van der Waals surface area contributed by atoms with E-state index in [1.165, 1.54) is 0 Å². The Morgan fingerprint density at radius 1 is 1.50 bits per heavy atom. The second-order valence-corrected chi connectivity index (χ2v) is 4.84. The molecule has 0 spiro atoms. The number of benzene rings is 1. The van der Waals surface area contributed by atoms with Crippen LogP contribution in [0.3, 0.4) is 0 Å². The van der Waals surface area contributed by atoms with Gasteiger partial charge in [0.2, 0.25) is 0 Å². The fourth-order valence-corrected chi connectivity index (χ4v) is 2.09. The normalized spacial score (nSPS) is 13.1. The molecule has 2 rings (SSSR count). The zero-order valence-corrected chi connectivity index (χ0v) is 9.80. The molecule has 0 amide bonds. The van der Waals surface area contributed by atoms with Gasteiger partial charge in [0.05, 0.1) is 11.0 Å². The summed E-state index contributed by atoms with van der Waals surface area (Å²) in [6, 6.07) is 5.24. The van der Waals surface area contributed by atoms with Crippen molar-refractivity contribution in [3.05, 3.63) is 30.0 Å². The maximum Gasteiger partial charge on any atom is 0.116 e. The van der Waals surface area contributed by atoms with E-state index >= 15 is 0 Å². The Labute approximate surface area is 96.3 Å². The average molecular weight is 238 g/mol. The maximum absolute atomic E-state index is 10.8. The number of nitrogens with one attached hydrogen (secondary N) is 2. The number of aromatic nitrogens is 1. The van der Waals surface area contributed by atoms with Crippen LogP contribution in [0.25, 0.3) is 10.9 Å². The Balaban J connectivity index is 2.17. The van der Waals surface area contributed by atoms with Gasteiger partial charge in [-0.3, -0.25) is 0 Å². The average Bonchev–Trinajstić information content (AvgIpc) is 2.60. The molecule has 1 atom stereocenters. The fraction of sp³-hybridized carbons (Fsp3) is 0.273. The molecule has 5 heteroatoms. The summed E-state index contributed by atoms with van der Waals surface area (Å²) in [5.74, 6) is 0.264. The fourth-order valence-electron chi connectivity index (χ4n) is 1.70. The molecule has 1 unspecified atom stereocenters. The van der Waals surface area contributed by atoms with Crippen molar-refractivity contribution in [3.63, 3.8) is 0 Å². The minimum atomic E-state index is -0.975. The Morgan fingerprint density at radius 3 is 3.06 bits per heavy atom. The highest BCUT2D eigenvalue weighted by Gasteiger charge is 2.04. The van der Waals surface area contributed by atoms with Crippen molar-refractivity contribution >= 4 is 21.9 Å². The van der Waals surface area contributed by atoms with Crippen LogP contribution in [0, 0.1) is 0 Å². The molecule has 16 heavy (non-hydrogen) atoms. The number of aromatic hydroxyl groups is 1. The zero-order chi connectivity index (χ0) is 11.5. The predicted molar refractivity (Wildman–Crippen MR) is 65.7 cm³/mol. The lowest BCUT2D eigenvalue weighted by Crippen LogP contribution is -2.18. The molecule has 86 valence electrons. The lowest BCUT2D eigenvalue weighted by Gasteiger charge is -2.00. The number of H-pyrrole nitrogens is 1.